The summed E-state index contributed by atoms with van der Waals surface area (Å²) in [6.07, 6.45) is 0. The Kier molecular flexibility index (Phi) is 5.82. The summed E-state index contributed by atoms with van der Waals surface area (Å²) in [6.45, 7) is 3.89. The normalized spacial score (nSPS) is 10.8. The van der Waals surface area contributed by atoms with Crippen LogP contribution < -0.4 is 14.8 Å². The van der Waals surface area contributed by atoms with Gasteiger partial charge in [0, 0.05) is 11.3 Å². The Morgan fingerprint density at radius 1 is 1.06 bits per heavy atom. The molecule has 0 spiro atoms. The van der Waals surface area contributed by atoms with Crippen molar-refractivity contribution in [2.24, 2.45) is 0 Å². The molecule has 0 unspecified atom stereocenters. The summed E-state index contributed by atoms with van der Waals surface area (Å²) in [7, 11) is 1.56. The number of carbonyl (C=O) groups is 1. The van der Waals surface area contributed by atoms with Gasteiger partial charge in [0.25, 0.3) is 5.91 Å². The highest BCUT2D eigenvalue weighted by Crippen LogP contribution is 2.32. The summed E-state index contributed by atoms with van der Waals surface area (Å²) in [5, 5.41) is 3.29. The van der Waals surface area contributed by atoms with Gasteiger partial charge in [-0.1, -0.05) is 17.7 Å². The number of nitrogens with zero attached hydrogens (tertiary/aromatic N) is 1. The number of benzene rings is 3. The first-order valence-electron chi connectivity index (χ1n) is 9.67. The number of anilines is 1. The third-order valence-electron chi connectivity index (χ3n) is 4.64. The Morgan fingerprint density at radius 2 is 1.84 bits per heavy atom. The lowest BCUT2D eigenvalue weighted by molar-refractivity contribution is -0.118. The molecule has 0 aliphatic heterocycles. The van der Waals surface area contributed by atoms with Gasteiger partial charge in [-0.3, -0.25) is 4.79 Å². The first-order valence-corrected chi connectivity index (χ1v) is 10.0. The van der Waals surface area contributed by atoms with Crippen molar-refractivity contribution in [1.82, 2.24) is 4.98 Å². The van der Waals surface area contributed by atoms with Crippen molar-refractivity contribution in [3.05, 3.63) is 70.7 Å². The van der Waals surface area contributed by atoms with E-state index in [9.17, 15) is 4.79 Å². The number of rotatable bonds is 6. The number of aromatic nitrogens is 1. The lowest BCUT2D eigenvalue weighted by atomic mass is 10.1. The van der Waals surface area contributed by atoms with E-state index in [4.69, 9.17) is 25.5 Å². The van der Waals surface area contributed by atoms with Gasteiger partial charge >= 0.3 is 0 Å². The van der Waals surface area contributed by atoms with Crippen LogP contribution in [0.4, 0.5) is 5.69 Å². The SMILES string of the molecule is COc1ccc(-c2nc3cc(NC(=O)COc4cc(C)cc(C)c4)ccc3o2)cc1Cl. The zero-order chi connectivity index (χ0) is 22.0. The van der Waals surface area contributed by atoms with E-state index in [1.165, 1.54) is 0 Å². The van der Waals surface area contributed by atoms with Crippen LogP contribution in [0.5, 0.6) is 11.5 Å². The number of halogens is 1. The van der Waals surface area contributed by atoms with Crippen LogP contribution in [0.1, 0.15) is 11.1 Å². The number of ether oxygens (including phenoxy) is 2. The second-order valence-electron chi connectivity index (χ2n) is 7.21. The van der Waals surface area contributed by atoms with Gasteiger partial charge in [-0.05, 0) is 73.5 Å². The molecule has 0 bridgehead atoms. The zero-order valence-electron chi connectivity index (χ0n) is 17.4. The molecule has 1 heterocycles. The molecule has 0 saturated heterocycles. The fraction of sp³-hybridized carbons (Fsp3) is 0.167. The molecular formula is C24H21ClN2O4. The predicted octanol–water partition coefficient (Wildman–Crippen LogP) is 5.79. The molecule has 1 amide bonds. The van der Waals surface area contributed by atoms with Crippen molar-refractivity contribution in [3.63, 3.8) is 0 Å². The standard InChI is InChI=1S/C24H21ClN2O4/c1-14-8-15(2)10-18(9-14)30-13-23(28)26-17-5-7-22-20(12-17)27-24(31-22)16-4-6-21(29-3)19(25)11-16/h4-12H,13H2,1-3H3,(H,26,28). The molecule has 158 valence electrons. The molecule has 0 atom stereocenters. The quantitative estimate of drug-likeness (QED) is 0.414. The third-order valence-corrected chi connectivity index (χ3v) is 4.93. The minimum absolute atomic E-state index is 0.0880. The Bertz CT molecular complexity index is 1250. The number of methoxy groups -OCH3 is 1. The Hall–Kier alpha value is -3.51. The molecule has 4 rings (SSSR count). The number of amides is 1. The van der Waals surface area contributed by atoms with Gasteiger partial charge in [0.05, 0.1) is 12.1 Å². The molecular weight excluding hydrogens is 416 g/mol. The summed E-state index contributed by atoms with van der Waals surface area (Å²) >= 11 is 6.20. The van der Waals surface area contributed by atoms with Crippen LogP contribution in [0.3, 0.4) is 0 Å². The van der Waals surface area contributed by atoms with Crippen LogP contribution in [0, 0.1) is 13.8 Å². The molecule has 3 aromatic carbocycles. The third kappa shape index (κ3) is 4.81. The van der Waals surface area contributed by atoms with Crippen LogP contribution in [0.25, 0.3) is 22.6 Å². The number of nitrogens with one attached hydrogen (secondary N) is 1. The van der Waals surface area contributed by atoms with Crippen LogP contribution in [0.15, 0.2) is 59.0 Å². The summed E-state index contributed by atoms with van der Waals surface area (Å²) in [6, 6.07) is 16.4. The van der Waals surface area contributed by atoms with Crippen molar-refractivity contribution >= 4 is 34.3 Å². The minimum atomic E-state index is -0.260. The highest BCUT2D eigenvalue weighted by Gasteiger charge is 2.12. The number of aryl methyl sites for hydroxylation is 2. The first kappa shape index (κ1) is 20.8. The monoisotopic (exact) mass is 436 g/mol. The lowest BCUT2D eigenvalue weighted by Gasteiger charge is -2.09. The molecule has 0 aliphatic carbocycles. The summed E-state index contributed by atoms with van der Waals surface area (Å²) < 4.78 is 16.6. The molecule has 7 heteroatoms. The van der Waals surface area contributed by atoms with E-state index in [0.717, 1.165) is 16.7 Å². The van der Waals surface area contributed by atoms with E-state index in [-0.39, 0.29) is 12.5 Å². The highest BCUT2D eigenvalue weighted by molar-refractivity contribution is 6.32. The van der Waals surface area contributed by atoms with Crippen LogP contribution in [0.2, 0.25) is 5.02 Å². The molecule has 0 saturated carbocycles. The van der Waals surface area contributed by atoms with E-state index < -0.39 is 0 Å². The fourth-order valence-corrected chi connectivity index (χ4v) is 3.55. The maximum Gasteiger partial charge on any atom is 0.262 e. The maximum absolute atomic E-state index is 12.3. The number of carbonyl (C=O) groups excluding carboxylic acids is 1. The number of hydrogen-bond donors (Lipinski definition) is 1. The topological polar surface area (TPSA) is 73.6 Å². The summed E-state index contributed by atoms with van der Waals surface area (Å²) in [5.41, 5.74) is 4.73. The average molecular weight is 437 g/mol. The van der Waals surface area contributed by atoms with Crippen molar-refractivity contribution in [3.8, 4) is 23.0 Å². The zero-order valence-corrected chi connectivity index (χ0v) is 18.1. The van der Waals surface area contributed by atoms with Gasteiger partial charge in [0.1, 0.15) is 17.0 Å². The summed E-state index contributed by atoms with van der Waals surface area (Å²) in [5.74, 6) is 1.42. The van der Waals surface area contributed by atoms with Crippen molar-refractivity contribution in [1.29, 1.82) is 0 Å². The second-order valence-corrected chi connectivity index (χ2v) is 7.62. The van der Waals surface area contributed by atoms with Gasteiger partial charge in [-0.2, -0.15) is 0 Å². The van der Waals surface area contributed by atoms with Gasteiger partial charge in [-0.25, -0.2) is 4.98 Å². The molecule has 4 aromatic rings. The molecule has 6 nitrogen and oxygen atoms in total. The van der Waals surface area contributed by atoms with Crippen LogP contribution >= 0.6 is 11.6 Å². The second kappa shape index (κ2) is 8.70. The molecule has 1 N–H and O–H groups in total. The highest BCUT2D eigenvalue weighted by atomic mass is 35.5. The lowest BCUT2D eigenvalue weighted by Crippen LogP contribution is -2.20. The van der Waals surface area contributed by atoms with Gasteiger partial charge in [-0.15, -0.1) is 0 Å². The van der Waals surface area contributed by atoms with Gasteiger partial charge in [0.2, 0.25) is 5.89 Å². The van der Waals surface area contributed by atoms with E-state index in [1.807, 2.05) is 38.1 Å². The Labute approximate surface area is 184 Å². The van der Waals surface area contributed by atoms with E-state index >= 15 is 0 Å². The number of oxazole rings is 1. The van der Waals surface area contributed by atoms with Crippen LogP contribution in [-0.2, 0) is 4.79 Å². The fourth-order valence-electron chi connectivity index (χ4n) is 3.29. The predicted molar refractivity (Wildman–Crippen MR) is 121 cm³/mol. The van der Waals surface area contributed by atoms with E-state index in [2.05, 4.69) is 10.3 Å². The van der Waals surface area contributed by atoms with Crippen LogP contribution in [-0.4, -0.2) is 24.6 Å². The Balaban J connectivity index is 1.46. The molecule has 1 aromatic heterocycles. The molecule has 0 radical (unpaired) electrons. The van der Waals surface area contributed by atoms with Gasteiger partial charge < -0.3 is 19.2 Å². The number of fused-ring (bicyclic) bond motifs is 1. The van der Waals surface area contributed by atoms with Crippen molar-refractivity contribution < 1.29 is 18.7 Å². The maximum atomic E-state index is 12.3. The first-order chi connectivity index (χ1) is 14.9. The number of hydrogen-bond acceptors (Lipinski definition) is 5. The molecule has 31 heavy (non-hydrogen) atoms. The average Bonchev–Trinajstić information content (AvgIpc) is 3.15. The van der Waals surface area contributed by atoms with E-state index in [1.54, 1.807) is 37.4 Å². The van der Waals surface area contributed by atoms with Crippen molar-refractivity contribution in [2.75, 3.05) is 19.0 Å². The summed E-state index contributed by atoms with van der Waals surface area (Å²) in [4.78, 5) is 16.8. The molecule has 0 fully saturated rings. The minimum Gasteiger partial charge on any atom is -0.495 e. The largest absolute Gasteiger partial charge is 0.495 e. The van der Waals surface area contributed by atoms with Crippen molar-refractivity contribution in [2.45, 2.75) is 13.8 Å². The Morgan fingerprint density at radius 3 is 2.55 bits per heavy atom. The van der Waals surface area contributed by atoms with Gasteiger partial charge in [0.15, 0.2) is 12.2 Å². The molecule has 0 aliphatic rings. The smallest absolute Gasteiger partial charge is 0.262 e. The van der Waals surface area contributed by atoms with E-state index in [0.29, 0.717) is 39.2 Å².